The first kappa shape index (κ1) is 17.4. The highest BCUT2D eigenvalue weighted by Crippen LogP contribution is 2.18. The number of carbonyl (C=O) groups is 1. The van der Waals surface area contributed by atoms with E-state index in [-0.39, 0.29) is 11.7 Å². The van der Waals surface area contributed by atoms with Gasteiger partial charge in [0, 0.05) is 30.9 Å². The number of nitrogens with one attached hydrogen (secondary N) is 1. The Morgan fingerprint density at radius 1 is 1.32 bits per heavy atom. The molecule has 0 bridgehead atoms. The quantitative estimate of drug-likeness (QED) is 0.896. The summed E-state index contributed by atoms with van der Waals surface area (Å²) in [5.41, 5.74) is 3.04. The lowest BCUT2D eigenvalue weighted by Gasteiger charge is -2.30. The molecular weight excluding hydrogens is 319 g/mol. The van der Waals surface area contributed by atoms with Crippen molar-refractivity contribution in [2.75, 3.05) is 18.4 Å². The third kappa shape index (κ3) is 4.37. The van der Waals surface area contributed by atoms with Gasteiger partial charge in [-0.3, -0.25) is 4.79 Å². The number of aliphatic hydroxyl groups excluding tert-OH is 1. The molecular formula is C20H23FN2O2. The average molecular weight is 342 g/mol. The van der Waals surface area contributed by atoms with Crippen molar-refractivity contribution in [1.82, 2.24) is 4.90 Å². The molecule has 1 aliphatic rings. The fourth-order valence-corrected chi connectivity index (χ4v) is 3.10. The lowest BCUT2D eigenvalue weighted by molar-refractivity contribution is 0.0474. The summed E-state index contributed by atoms with van der Waals surface area (Å²) in [5, 5.41) is 13.0. The molecule has 0 radical (unpaired) electrons. The molecule has 0 spiro atoms. The van der Waals surface area contributed by atoms with Crippen molar-refractivity contribution >= 4 is 11.6 Å². The van der Waals surface area contributed by atoms with E-state index < -0.39 is 6.10 Å². The molecule has 1 aliphatic heterocycles. The van der Waals surface area contributed by atoms with E-state index in [2.05, 4.69) is 5.32 Å². The molecule has 1 amide bonds. The highest BCUT2D eigenvalue weighted by atomic mass is 19.1. The number of hydrogen-bond acceptors (Lipinski definition) is 3. The van der Waals surface area contributed by atoms with Gasteiger partial charge in [-0.15, -0.1) is 0 Å². The molecule has 2 N–H and O–H groups in total. The van der Waals surface area contributed by atoms with Crippen molar-refractivity contribution in [3.63, 3.8) is 0 Å². The predicted molar refractivity (Wildman–Crippen MR) is 96.1 cm³/mol. The molecule has 0 saturated carbocycles. The number of halogens is 1. The number of likely N-dealkylation sites (tertiary alicyclic amines) is 1. The number of hydrogen-bond donors (Lipinski definition) is 2. The van der Waals surface area contributed by atoms with Crippen LogP contribution in [-0.2, 0) is 6.54 Å². The third-order valence-corrected chi connectivity index (χ3v) is 4.51. The number of piperidine rings is 1. The topological polar surface area (TPSA) is 52.6 Å². The van der Waals surface area contributed by atoms with Crippen molar-refractivity contribution in [3.05, 3.63) is 65.0 Å². The van der Waals surface area contributed by atoms with Crippen LogP contribution in [0.4, 0.5) is 10.1 Å². The summed E-state index contributed by atoms with van der Waals surface area (Å²) in [7, 11) is 0. The second-order valence-electron chi connectivity index (χ2n) is 6.57. The largest absolute Gasteiger partial charge is 0.391 e. The van der Waals surface area contributed by atoms with E-state index in [1.54, 1.807) is 24.0 Å². The molecule has 1 heterocycles. The van der Waals surface area contributed by atoms with E-state index in [0.717, 1.165) is 24.1 Å². The second kappa shape index (κ2) is 7.66. The number of benzene rings is 2. The minimum atomic E-state index is -0.430. The second-order valence-corrected chi connectivity index (χ2v) is 6.57. The standard InChI is InChI=1S/C20H23FN2O2/c1-14-10-15(7-8-19(14)21)12-22-17-5-2-4-16(11-17)20(25)23-9-3-6-18(24)13-23/h2,4-5,7-8,10-11,18,22,24H,3,6,9,12-13H2,1H3. The van der Waals surface area contributed by atoms with Gasteiger partial charge in [-0.2, -0.15) is 0 Å². The van der Waals surface area contributed by atoms with E-state index in [9.17, 15) is 14.3 Å². The summed E-state index contributed by atoms with van der Waals surface area (Å²) < 4.78 is 13.3. The Morgan fingerprint density at radius 2 is 2.16 bits per heavy atom. The molecule has 1 fully saturated rings. The molecule has 0 aromatic heterocycles. The third-order valence-electron chi connectivity index (χ3n) is 4.51. The zero-order valence-electron chi connectivity index (χ0n) is 14.3. The molecule has 5 heteroatoms. The molecule has 132 valence electrons. The Hall–Kier alpha value is -2.40. The number of carbonyl (C=O) groups excluding carboxylic acids is 1. The Labute approximate surface area is 147 Å². The van der Waals surface area contributed by atoms with Gasteiger partial charge in [-0.1, -0.05) is 18.2 Å². The van der Waals surface area contributed by atoms with Crippen LogP contribution >= 0.6 is 0 Å². The minimum Gasteiger partial charge on any atom is -0.391 e. The number of nitrogens with zero attached hydrogens (tertiary/aromatic N) is 1. The van der Waals surface area contributed by atoms with Gasteiger partial charge in [0.1, 0.15) is 5.82 Å². The SMILES string of the molecule is Cc1cc(CNc2cccc(C(=O)N3CCCC(O)C3)c2)ccc1F. The van der Waals surface area contributed by atoms with Gasteiger partial charge in [0.25, 0.3) is 5.91 Å². The first-order valence-electron chi connectivity index (χ1n) is 8.59. The number of amides is 1. The first-order valence-corrected chi connectivity index (χ1v) is 8.59. The van der Waals surface area contributed by atoms with E-state index >= 15 is 0 Å². The average Bonchev–Trinajstić information content (AvgIpc) is 2.62. The van der Waals surface area contributed by atoms with Gasteiger partial charge in [-0.05, 0) is 55.2 Å². The molecule has 3 rings (SSSR count). The lowest BCUT2D eigenvalue weighted by atomic mass is 10.1. The molecule has 25 heavy (non-hydrogen) atoms. The normalized spacial score (nSPS) is 17.4. The lowest BCUT2D eigenvalue weighted by Crippen LogP contribution is -2.42. The van der Waals surface area contributed by atoms with E-state index in [1.165, 1.54) is 6.07 Å². The maximum absolute atomic E-state index is 13.3. The maximum Gasteiger partial charge on any atom is 0.254 e. The van der Waals surface area contributed by atoms with Crippen LogP contribution in [-0.4, -0.2) is 35.1 Å². The zero-order valence-corrected chi connectivity index (χ0v) is 14.3. The van der Waals surface area contributed by atoms with Gasteiger partial charge < -0.3 is 15.3 Å². The van der Waals surface area contributed by atoms with Crippen LogP contribution in [0, 0.1) is 12.7 Å². The molecule has 0 aliphatic carbocycles. The van der Waals surface area contributed by atoms with Gasteiger partial charge in [0.15, 0.2) is 0 Å². The monoisotopic (exact) mass is 342 g/mol. The van der Waals surface area contributed by atoms with Crippen LogP contribution in [0.3, 0.4) is 0 Å². The number of aliphatic hydroxyl groups is 1. The van der Waals surface area contributed by atoms with E-state index in [0.29, 0.717) is 30.8 Å². The van der Waals surface area contributed by atoms with Crippen LogP contribution in [0.25, 0.3) is 0 Å². The van der Waals surface area contributed by atoms with Crippen LogP contribution in [0.1, 0.15) is 34.3 Å². The number of aryl methyl sites for hydroxylation is 1. The molecule has 1 atom stereocenters. The highest BCUT2D eigenvalue weighted by Gasteiger charge is 2.23. The van der Waals surface area contributed by atoms with Crippen molar-refractivity contribution in [2.45, 2.75) is 32.4 Å². The van der Waals surface area contributed by atoms with Crippen molar-refractivity contribution in [3.8, 4) is 0 Å². The molecule has 1 unspecified atom stereocenters. The zero-order chi connectivity index (χ0) is 17.8. The summed E-state index contributed by atoms with van der Waals surface area (Å²) in [6, 6.07) is 12.4. The van der Waals surface area contributed by atoms with Crippen LogP contribution in [0.5, 0.6) is 0 Å². The Morgan fingerprint density at radius 3 is 2.92 bits per heavy atom. The fraction of sp³-hybridized carbons (Fsp3) is 0.350. The summed E-state index contributed by atoms with van der Waals surface area (Å²) in [4.78, 5) is 14.3. The van der Waals surface area contributed by atoms with Crippen LogP contribution in [0.2, 0.25) is 0 Å². The van der Waals surface area contributed by atoms with Gasteiger partial charge >= 0.3 is 0 Å². The van der Waals surface area contributed by atoms with Gasteiger partial charge in [0.05, 0.1) is 6.10 Å². The number of anilines is 1. The number of β-amino-alcohol motifs (C(OH)–C–C–N with tert-alkyl or cyclic N) is 1. The molecule has 4 nitrogen and oxygen atoms in total. The Kier molecular flexibility index (Phi) is 5.34. The van der Waals surface area contributed by atoms with E-state index in [1.807, 2.05) is 24.3 Å². The van der Waals surface area contributed by atoms with Crippen molar-refractivity contribution in [1.29, 1.82) is 0 Å². The summed E-state index contributed by atoms with van der Waals surface area (Å²) in [6.07, 6.45) is 1.15. The predicted octanol–water partition coefficient (Wildman–Crippen LogP) is 3.34. The maximum atomic E-state index is 13.3. The summed E-state index contributed by atoms with van der Waals surface area (Å²) in [5.74, 6) is -0.264. The van der Waals surface area contributed by atoms with E-state index in [4.69, 9.17) is 0 Å². The van der Waals surface area contributed by atoms with Crippen LogP contribution in [0.15, 0.2) is 42.5 Å². The van der Waals surface area contributed by atoms with Gasteiger partial charge in [-0.25, -0.2) is 4.39 Å². The number of rotatable bonds is 4. The highest BCUT2D eigenvalue weighted by molar-refractivity contribution is 5.95. The first-order chi connectivity index (χ1) is 12.0. The molecule has 2 aromatic carbocycles. The Balaban J connectivity index is 1.66. The Bertz CT molecular complexity index is 763. The molecule has 2 aromatic rings. The van der Waals surface area contributed by atoms with Crippen molar-refractivity contribution < 1.29 is 14.3 Å². The fourth-order valence-electron chi connectivity index (χ4n) is 3.10. The van der Waals surface area contributed by atoms with Gasteiger partial charge in [0.2, 0.25) is 0 Å². The van der Waals surface area contributed by atoms with Crippen molar-refractivity contribution in [2.24, 2.45) is 0 Å². The minimum absolute atomic E-state index is 0.0555. The smallest absolute Gasteiger partial charge is 0.254 e. The molecule has 1 saturated heterocycles. The summed E-state index contributed by atoms with van der Waals surface area (Å²) >= 11 is 0. The summed E-state index contributed by atoms with van der Waals surface area (Å²) in [6.45, 7) is 3.38. The van der Waals surface area contributed by atoms with Crippen LogP contribution < -0.4 is 5.32 Å².